The SMILES string of the molecule is COc1cccc(/C=N/NC(N)=O)c1O.O.[Zn]. The number of para-hydroxylation sites is 1. The average molecular weight is 293 g/mol. The second kappa shape index (κ2) is 8.49. The van der Waals surface area contributed by atoms with E-state index in [4.69, 9.17) is 10.5 Å². The Labute approximate surface area is 111 Å². The van der Waals surface area contributed by atoms with E-state index in [1.165, 1.54) is 13.3 Å². The summed E-state index contributed by atoms with van der Waals surface area (Å²) < 4.78 is 4.89. The van der Waals surface area contributed by atoms with Crippen LogP contribution in [0.4, 0.5) is 4.79 Å². The quantitative estimate of drug-likeness (QED) is 0.397. The third kappa shape index (κ3) is 5.28. The fraction of sp³-hybridized carbons (Fsp3) is 0.111. The van der Waals surface area contributed by atoms with Crippen molar-refractivity contribution in [3.8, 4) is 11.5 Å². The van der Waals surface area contributed by atoms with Gasteiger partial charge in [-0.2, -0.15) is 5.10 Å². The normalized spacial score (nSPS) is 9.00. The molecule has 0 aliphatic heterocycles. The summed E-state index contributed by atoms with van der Waals surface area (Å²) in [5.41, 5.74) is 7.23. The zero-order valence-electron chi connectivity index (χ0n) is 9.30. The standard InChI is InChI=1S/C9H11N3O3.H2O.Zn/c1-15-7-4-2-3-6(8(7)13)5-11-12-9(10)14;;/h2-5,13H,1H3,(H3,10,12,14);1H2;/b11-5+;;. The van der Waals surface area contributed by atoms with Crippen molar-refractivity contribution in [3.63, 3.8) is 0 Å². The minimum Gasteiger partial charge on any atom is -0.504 e. The number of ether oxygens (including phenoxy) is 1. The monoisotopic (exact) mass is 291 g/mol. The Balaban J connectivity index is 0. The third-order valence-electron chi connectivity index (χ3n) is 1.63. The molecule has 0 unspecified atom stereocenters. The first-order chi connectivity index (χ1) is 7.15. The number of nitrogens with one attached hydrogen (secondary N) is 1. The summed E-state index contributed by atoms with van der Waals surface area (Å²) in [6, 6.07) is 4.14. The van der Waals surface area contributed by atoms with Crippen LogP contribution in [0.2, 0.25) is 0 Å². The van der Waals surface area contributed by atoms with Crippen molar-refractivity contribution in [1.82, 2.24) is 5.43 Å². The molecule has 0 bridgehead atoms. The van der Waals surface area contributed by atoms with Crippen LogP contribution in [0.5, 0.6) is 11.5 Å². The number of phenolic OH excluding ortho intramolecular Hbond substituents is 1. The summed E-state index contributed by atoms with van der Waals surface area (Å²) >= 11 is 0. The number of methoxy groups -OCH3 is 1. The zero-order chi connectivity index (χ0) is 11.3. The van der Waals surface area contributed by atoms with Crippen molar-refractivity contribution in [2.45, 2.75) is 0 Å². The van der Waals surface area contributed by atoms with Gasteiger partial charge in [-0.25, -0.2) is 10.2 Å². The largest absolute Gasteiger partial charge is 0.504 e. The number of hydrazone groups is 1. The first-order valence-corrected chi connectivity index (χ1v) is 4.09. The predicted molar refractivity (Wildman–Crippen MR) is 58.6 cm³/mol. The molecule has 17 heavy (non-hydrogen) atoms. The smallest absolute Gasteiger partial charge is 0.332 e. The summed E-state index contributed by atoms with van der Waals surface area (Å²) in [4.78, 5) is 10.3. The van der Waals surface area contributed by atoms with Crippen LogP contribution in [0.25, 0.3) is 0 Å². The number of aromatic hydroxyl groups is 1. The van der Waals surface area contributed by atoms with E-state index < -0.39 is 6.03 Å². The summed E-state index contributed by atoms with van der Waals surface area (Å²) in [7, 11) is 1.44. The molecular formula is C9H13N3O4Zn. The fourth-order valence-corrected chi connectivity index (χ4v) is 0.974. The van der Waals surface area contributed by atoms with Gasteiger partial charge in [-0.15, -0.1) is 0 Å². The Hall–Kier alpha value is -1.66. The van der Waals surface area contributed by atoms with E-state index >= 15 is 0 Å². The Morgan fingerprint density at radius 3 is 2.76 bits per heavy atom. The summed E-state index contributed by atoms with van der Waals surface area (Å²) in [6.45, 7) is 0. The van der Waals surface area contributed by atoms with Gasteiger partial charge in [0, 0.05) is 25.0 Å². The minimum atomic E-state index is -0.770. The van der Waals surface area contributed by atoms with Crippen LogP contribution in [0.3, 0.4) is 0 Å². The number of hydrogen-bond donors (Lipinski definition) is 3. The van der Waals surface area contributed by atoms with Crippen molar-refractivity contribution in [1.29, 1.82) is 0 Å². The summed E-state index contributed by atoms with van der Waals surface area (Å²) in [5, 5.41) is 13.1. The Bertz CT molecular complexity index is 398. The second-order valence-corrected chi connectivity index (χ2v) is 2.63. The van der Waals surface area contributed by atoms with Crippen LogP contribution >= 0.6 is 0 Å². The predicted octanol–water partition coefficient (Wildman–Crippen LogP) is -0.424. The van der Waals surface area contributed by atoms with Gasteiger partial charge in [0.2, 0.25) is 0 Å². The Kier molecular flexibility index (Phi) is 8.85. The number of nitrogens with two attached hydrogens (primary N) is 1. The molecule has 0 heterocycles. The van der Waals surface area contributed by atoms with Crippen LogP contribution in [-0.2, 0) is 19.5 Å². The fourth-order valence-electron chi connectivity index (χ4n) is 0.974. The molecule has 1 aromatic rings. The maximum Gasteiger partial charge on any atom is 0.332 e. The molecular weight excluding hydrogens is 280 g/mol. The van der Waals surface area contributed by atoms with E-state index in [1.807, 2.05) is 5.43 Å². The second-order valence-electron chi connectivity index (χ2n) is 2.63. The first-order valence-electron chi connectivity index (χ1n) is 4.09. The number of amides is 2. The first kappa shape index (κ1) is 17.7. The number of carbonyl (C=O) groups excluding carboxylic acids is 1. The molecule has 7 nitrogen and oxygen atoms in total. The molecule has 6 N–H and O–H groups in total. The van der Waals surface area contributed by atoms with Gasteiger partial charge in [-0.3, -0.25) is 0 Å². The molecule has 0 aliphatic carbocycles. The van der Waals surface area contributed by atoms with Gasteiger partial charge in [-0.1, -0.05) is 6.07 Å². The van der Waals surface area contributed by atoms with E-state index in [1.54, 1.807) is 18.2 Å². The van der Waals surface area contributed by atoms with E-state index in [-0.39, 0.29) is 30.7 Å². The molecule has 1 aromatic carbocycles. The van der Waals surface area contributed by atoms with E-state index in [9.17, 15) is 9.90 Å². The van der Waals surface area contributed by atoms with Crippen LogP contribution in [0.1, 0.15) is 5.56 Å². The zero-order valence-corrected chi connectivity index (χ0v) is 12.3. The number of nitrogens with zero attached hydrogens (tertiary/aromatic N) is 1. The van der Waals surface area contributed by atoms with Crippen LogP contribution in [0.15, 0.2) is 23.3 Å². The van der Waals surface area contributed by atoms with Gasteiger partial charge in [0.15, 0.2) is 11.5 Å². The molecule has 1 rings (SSSR count). The topological polar surface area (TPSA) is 128 Å². The molecule has 0 radical (unpaired) electrons. The molecule has 0 saturated heterocycles. The molecule has 0 atom stereocenters. The third-order valence-corrected chi connectivity index (χ3v) is 1.63. The minimum absolute atomic E-state index is 0. The van der Waals surface area contributed by atoms with Gasteiger partial charge in [-0.05, 0) is 12.1 Å². The van der Waals surface area contributed by atoms with Crippen LogP contribution in [0, 0.1) is 0 Å². The van der Waals surface area contributed by atoms with Gasteiger partial charge < -0.3 is 21.1 Å². The van der Waals surface area contributed by atoms with Crippen molar-refractivity contribution in [2.24, 2.45) is 10.8 Å². The number of hydrogen-bond acceptors (Lipinski definition) is 4. The number of carbonyl (C=O) groups is 1. The van der Waals surface area contributed by atoms with E-state index in [0.717, 1.165) is 0 Å². The van der Waals surface area contributed by atoms with Crippen molar-refractivity contribution >= 4 is 12.2 Å². The molecule has 8 heteroatoms. The number of benzene rings is 1. The van der Waals surface area contributed by atoms with Gasteiger partial charge in [0.25, 0.3) is 0 Å². The summed E-state index contributed by atoms with van der Waals surface area (Å²) in [5.74, 6) is 0.285. The van der Waals surface area contributed by atoms with E-state index in [0.29, 0.717) is 11.3 Å². The van der Waals surface area contributed by atoms with Gasteiger partial charge in [0.1, 0.15) is 0 Å². The number of rotatable bonds is 3. The Morgan fingerprint density at radius 1 is 1.59 bits per heavy atom. The maximum absolute atomic E-state index is 10.3. The molecule has 0 spiro atoms. The molecule has 2 amide bonds. The van der Waals surface area contributed by atoms with E-state index in [2.05, 4.69) is 5.10 Å². The van der Waals surface area contributed by atoms with Gasteiger partial charge >= 0.3 is 6.03 Å². The van der Waals surface area contributed by atoms with Crippen LogP contribution in [-0.4, -0.2) is 29.9 Å². The van der Waals surface area contributed by atoms with Crippen molar-refractivity contribution in [2.75, 3.05) is 7.11 Å². The molecule has 0 aliphatic rings. The Morgan fingerprint density at radius 2 is 2.24 bits per heavy atom. The number of primary amides is 1. The molecule has 0 fully saturated rings. The van der Waals surface area contributed by atoms with Crippen molar-refractivity contribution in [3.05, 3.63) is 23.8 Å². The van der Waals surface area contributed by atoms with Gasteiger partial charge in [0.05, 0.1) is 13.3 Å². The molecule has 0 saturated carbocycles. The molecule has 0 aromatic heterocycles. The summed E-state index contributed by atoms with van der Waals surface area (Å²) in [6.07, 6.45) is 1.27. The van der Waals surface area contributed by atoms with Crippen molar-refractivity contribution < 1.29 is 39.6 Å². The van der Waals surface area contributed by atoms with Crippen LogP contribution < -0.4 is 15.9 Å². The maximum atomic E-state index is 10.3. The number of urea groups is 1. The average Bonchev–Trinajstić information content (AvgIpc) is 2.20. The molecule has 90 valence electrons. The number of phenols is 1.